The monoisotopic (exact) mass is 245 g/mol. The maximum Gasteiger partial charge on any atom is 0.0684 e. The quantitative estimate of drug-likeness (QED) is 0.464. The Kier molecular flexibility index (Phi) is 4.18. The highest BCUT2D eigenvalue weighted by Gasteiger charge is 2.24. The summed E-state index contributed by atoms with van der Waals surface area (Å²) in [4.78, 5) is 9.80. The van der Waals surface area contributed by atoms with Gasteiger partial charge in [-0.05, 0) is 43.5 Å². The van der Waals surface area contributed by atoms with E-state index < -0.39 is 0 Å². The molecular weight excluding hydrogens is 226 g/mol. The zero-order chi connectivity index (χ0) is 13.0. The molecule has 1 aliphatic heterocycles. The first-order chi connectivity index (χ1) is 8.70. The lowest BCUT2D eigenvalue weighted by atomic mass is 10.1. The normalized spacial score (nSPS) is 21.6. The van der Waals surface area contributed by atoms with Crippen molar-refractivity contribution in [3.63, 3.8) is 0 Å². The molecule has 96 valence electrons. The molecule has 0 bridgehead atoms. The molecule has 1 aromatic heterocycles. The van der Waals surface area contributed by atoms with Gasteiger partial charge >= 0.3 is 0 Å². The molecule has 5 nitrogen and oxygen atoms in total. The molecule has 0 N–H and O–H groups in total. The van der Waals surface area contributed by atoms with Crippen LogP contribution in [0.1, 0.15) is 37.7 Å². The SMILES string of the molecule is C[C@H]1CCN([C@H](C)c2cccc(CN=[N+]=[N-])n2)C1. The number of likely N-dealkylation sites (tertiary alicyclic amines) is 1. The van der Waals surface area contributed by atoms with Crippen molar-refractivity contribution >= 4 is 0 Å². The van der Waals surface area contributed by atoms with E-state index in [-0.39, 0.29) is 0 Å². The number of hydrogen-bond acceptors (Lipinski definition) is 3. The Bertz CT molecular complexity index is 452. The molecule has 1 fully saturated rings. The summed E-state index contributed by atoms with van der Waals surface area (Å²) >= 11 is 0. The fourth-order valence-electron chi connectivity index (χ4n) is 2.43. The minimum absolute atomic E-state index is 0.327. The van der Waals surface area contributed by atoms with Gasteiger partial charge in [-0.15, -0.1) is 0 Å². The van der Waals surface area contributed by atoms with Gasteiger partial charge in [0.2, 0.25) is 0 Å². The molecular formula is C13H19N5. The van der Waals surface area contributed by atoms with Gasteiger partial charge in [-0.3, -0.25) is 9.88 Å². The molecule has 0 saturated carbocycles. The zero-order valence-corrected chi connectivity index (χ0v) is 11.0. The molecule has 2 heterocycles. The van der Waals surface area contributed by atoms with Crippen molar-refractivity contribution in [2.75, 3.05) is 13.1 Å². The van der Waals surface area contributed by atoms with Gasteiger partial charge in [-0.1, -0.05) is 18.1 Å². The fourth-order valence-corrected chi connectivity index (χ4v) is 2.43. The lowest BCUT2D eigenvalue weighted by molar-refractivity contribution is 0.250. The van der Waals surface area contributed by atoms with Crippen molar-refractivity contribution in [1.29, 1.82) is 0 Å². The average Bonchev–Trinajstić information content (AvgIpc) is 2.82. The van der Waals surface area contributed by atoms with E-state index in [0.29, 0.717) is 12.6 Å². The second-order valence-corrected chi connectivity index (χ2v) is 5.01. The van der Waals surface area contributed by atoms with Crippen LogP contribution in [0.3, 0.4) is 0 Å². The van der Waals surface area contributed by atoms with Crippen molar-refractivity contribution < 1.29 is 0 Å². The van der Waals surface area contributed by atoms with Crippen LogP contribution in [0.25, 0.3) is 10.4 Å². The minimum Gasteiger partial charge on any atom is -0.295 e. The molecule has 1 aromatic rings. The highest BCUT2D eigenvalue weighted by atomic mass is 15.2. The van der Waals surface area contributed by atoms with Gasteiger partial charge in [0.25, 0.3) is 0 Å². The summed E-state index contributed by atoms with van der Waals surface area (Å²) in [6.45, 7) is 7.09. The highest BCUT2D eigenvalue weighted by molar-refractivity contribution is 5.14. The van der Waals surface area contributed by atoms with E-state index in [9.17, 15) is 0 Å². The first-order valence-electron chi connectivity index (χ1n) is 6.41. The van der Waals surface area contributed by atoms with Crippen LogP contribution in [0.2, 0.25) is 0 Å². The molecule has 5 heteroatoms. The van der Waals surface area contributed by atoms with E-state index in [2.05, 4.69) is 33.8 Å². The van der Waals surface area contributed by atoms with E-state index >= 15 is 0 Å². The van der Waals surface area contributed by atoms with Gasteiger partial charge in [0.05, 0.1) is 12.2 Å². The van der Waals surface area contributed by atoms with Crippen LogP contribution in [0.5, 0.6) is 0 Å². The van der Waals surface area contributed by atoms with Crippen molar-refractivity contribution in [3.8, 4) is 0 Å². The number of aromatic nitrogens is 1. The van der Waals surface area contributed by atoms with Crippen LogP contribution in [0, 0.1) is 5.92 Å². The summed E-state index contributed by atoms with van der Waals surface area (Å²) in [7, 11) is 0. The smallest absolute Gasteiger partial charge is 0.0684 e. The zero-order valence-electron chi connectivity index (χ0n) is 11.0. The van der Waals surface area contributed by atoms with Crippen molar-refractivity contribution in [2.24, 2.45) is 11.0 Å². The van der Waals surface area contributed by atoms with Gasteiger partial charge in [0.15, 0.2) is 0 Å². The highest BCUT2D eigenvalue weighted by Crippen LogP contribution is 2.26. The Balaban J connectivity index is 2.09. The fraction of sp³-hybridized carbons (Fsp3) is 0.615. The molecule has 0 aromatic carbocycles. The maximum absolute atomic E-state index is 8.33. The first kappa shape index (κ1) is 12.9. The Morgan fingerprint density at radius 2 is 2.44 bits per heavy atom. The molecule has 18 heavy (non-hydrogen) atoms. The average molecular weight is 245 g/mol. The molecule has 0 aliphatic carbocycles. The van der Waals surface area contributed by atoms with E-state index in [0.717, 1.165) is 30.4 Å². The summed E-state index contributed by atoms with van der Waals surface area (Å²) in [5.41, 5.74) is 10.2. The van der Waals surface area contributed by atoms with Gasteiger partial charge in [-0.25, -0.2) is 0 Å². The molecule has 2 atom stereocenters. The minimum atomic E-state index is 0.327. The number of pyridine rings is 1. The van der Waals surface area contributed by atoms with Gasteiger partial charge in [0, 0.05) is 23.2 Å². The van der Waals surface area contributed by atoms with Crippen molar-refractivity contribution in [3.05, 3.63) is 40.0 Å². The summed E-state index contributed by atoms with van der Waals surface area (Å²) in [6.07, 6.45) is 1.27. The second kappa shape index (κ2) is 5.85. The van der Waals surface area contributed by atoms with Crippen LogP contribution in [0.4, 0.5) is 0 Å². The summed E-state index contributed by atoms with van der Waals surface area (Å²) in [5.74, 6) is 0.777. The molecule has 2 rings (SSSR count). The van der Waals surface area contributed by atoms with Crippen LogP contribution in [-0.4, -0.2) is 23.0 Å². The molecule has 0 amide bonds. The summed E-state index contributed by atoms with van der Waals surface area (Å²) < 4.78 is 0. The largest absolute Gasteiger partial charge is 0.295 e. The Labute approximate surface area is 107 Å². The molecule has 0 unspecified atom stereocenters. The summed E-state index contributed by atoms with van der Waals surface area (Å²) in [6, 6.07) is 6.27. The molecule has 0 spiro atoms. The lowest BCUT2D eigenvalue weighted by Crippen LogP contribution is -2.25. The van der Waals surface area contributed by atoms with Crippen molar-refractivity contribution in [2.45, 2.75) is 32.9 Å². The third-order valence-electron chi connectivity index (χ3n) is 3.56. The standard InChI is InChI=1S/C13H19N5/c1-10-6-7-18(9-10)11(2)13-5-3-4-12(16-13)8-15-17-14/h3-5,10-11H,6-9H2,1-2H3/t10-,11+/m0/s1. The molecule has 0 radical (unpaired) electrons. The Hall–Kier alpha value is -1.58. The van der Waals surface area contributed by atoms with Gasteiger partial charge in [0.1, 0.15) is 0 Å². The number of azide groups is 1. The van der Waals surface area contributed by atoms with E-state index in [1.54, 1.807) is 0 Å². The Morgan fingerprint density at radius 3 is 3.11 bits per heavy atom. The van der Waals surface area contributed by atoms with Crippen LogP contribution < -0.4 is 0 Å². The van der Waals surface area contributed by atoms with E-state index in [1.165, 1.54) is 6.42 Å². The van der Waals surface area contributed by atoms with Gasteiger partial charge < -0.3 is 0 Å². The third-order valence-corrected chi connectivity index (χ3v) is 3.56. The van der Waals surface area contributed by atoms with Crippen LogP contribution >= 0.6 is 0 Å². The van der Waals surface area contributed by atoms with Crippen LogP contribution in [0.15, 0.2) is 23.3 Å². The van der Waals surface area contributed by atoms with Crippen LogP contribution in [-0.2, 0) is 6.54 Å². The topological polar surface area (TPSA) is 64.9 Å². The molecule has 1 saturated heterocycles. The first-order valence-corrected chi connectivity index (χ1v) is 6.41. The second-order valence-electron chi connectivity index (χ2n) is 5.01. The third kappa shape index (κ3) is 3.00. The predicted octanol–water partition coefficient (Wildman–Crippen LogP) is 3.29. The van der Waals surface area contributed by atoms with Crippen molar-refractivity contribution in [1.82, 2.24) is 9.88 Å². The van der Waals surface area contributed by atoms with Gasteiger partial charge in [-0.2, -0.15) is 0 Å². The predicted molar refractivity (Wildman–Crippen MR) is 70.9 cm³/mol. The Morgan fingerprint density at radius 1 is 1.61 bits per heavy atom. The number of rotatable bonds is 4. The lowest BCUT2D eigenvalue weighted by Gasteiger charge is -2.23. The number of nitrogens with zero attached hydrogens (tertiary/aromatic N) is 5. The number of hydrogen-bond donors (Lipinski definition) is 0. The van der Waals surface area contributed by atoms with E-state index in [1.807, 2.05) is 18.2 Å². The molecule has 1 aliphatic rings. The van der Waals surface area contributed by atoms with E-state index in [4.69, 9.17) is 5.53 Å². The summed E-state index contributed by atoms with van der Waals surface area (Å²) in [5, 5.41) is 3.56. The maximum atomic E-state index is 8.33.